The highest BCUT2D eigenvalue weighted by molar-refractivity contribution is 5.80. The van der Waals surface area contributed by atoms with Gasteiger partial charge in [-0.15, -0.1) is 0 Å². The van der Waals surface area contributed by atoms with E-state index >= 15 is 0 Å². The summed E-state index contributed by atoms with van der Waals surface area (Å²) in [5.74, 6) is 0.275. The molecule has 1 aromatic carbocycles. The molecule has 0 bridgehead atoms. The van der Waals surface area contributed by atoms with Crippen LogP contribution in [0.4, 0.5) is 5.69 Å². The molecule has 1 aliphatic heterocycles. The molecule has 2 amide bonds. The van der Waals surface area contributed by atoms with Crippen LogP contribution >= 0.6 is 0 Å². The third kappa shape index (κ3) is 3.97. The summed E-state index contributed by atoms with van der Waals surface area (Å²) in [6.07, 6.45) is 2.64. The maximum atomic E-state index is 12.2. The van der Waals surface area contributed by atoms with Gasteiger partial charge in [0.25, 0.3) is 0 Å². The predicted molar refractivity (Wildman–Crippen MR) is 82.5 cm³/mol. The number of carbonyl (C=O) groups excluding carboxylic acids is 2. The number of benzene rings is 1. The number of nitrogens with one attached hydrogen (secondary N) is 1. The maximum Gasteiger partial charge on any atom is 0.222 e. The molecule has 1 fully saturated rings. The van der Waals surface area contributed by atoms with E-state index in [1.807, 2.05) is 29.2 Å². The summed E-state index contributed by atoms with van der Waals surface area (Å²) in [6.45, 7) is 1.34. The molecule has 21 heavy (non-hydrogen) atoms. The molecule has 2 rings (SSSR count). The predicted octanol–water partition coefficient (Wildman–Crippen LogP) is 1.19. The van der Waals surface area contributed by atoms with Crippen LogP contribution in [0.25, 0.3) is 0 Å². The third-order valence-electron chi connectivity index (χ3n) is 4.13. The van der Waals surface area contributed by atoms with Crippen molar-refractivity contribution in [3.8, 4) is 0 Å². The number of nitrogens with zero attached hydrogens (tertiary/aromatic N) is 1. The quantitative estimate of drug-likeness (QED) is 0.817. The van der Waals surface area contributed by atoms with E-state index in [0.717, 1.165) is 24.1 Å². The lowest BCUT2D eigenvalue weighted by molar-refractivity contribution is -0.135. The van der Waals surface area contributed by atoms with Crippen LogP contribution in [0.5, 0.6) is 0 Å². The first-order chi connectivity index (χ1) is 10.1. The Morgan fingerprint density at radius 2 is 1.95 bits per heavy atom. The van der Waals surface area contributed by atoms with E-state index in [4.69, 9.17) is 5.73 Å². The van der Waals surface area contributed by atoms with Crippen LogP contribution in [0.15, 0.2) is 24.3 Å². The Bertz CT molecular complexity index is 508. The molecule has 0 saturated carbocycles. The van der Waals surface area contributed by atoms with E-state index in [9.17, 15) is 9.59 Å². The topological polar surface area (TPSA) is 75.4 Å². The van der Waals surface area contributed by atoms with Crippen LogP contribution in [0.3, 0.4) is 0 Å². The first kappa shape index (κ1) is 15.4. The Morgan fingerprint density at radius 3 is 2.57 bits per heavy atom. The lowest BCUT2D eigenvalue weighted by atomic mass is 9.95. The SMILES string of the molecule is CNC(=O)C1CCN(C(=O)CCc2ccccc2N)CC1. The number of amides is 2. The summed E-state index contributed by atoms with van der Waals surface area (Å²) in [6, 6.07) is 7.64. The normalized spacial score (nSPS) is 15.8. The molecular formula is C16H23N3O2. The molecule has 1 aliphatic rings. The average Bonchev–Trinajstić information content (AvgIpc) is 2.53. The second kappa shape index (κ2) is 7.11. The second-order valence-electron chi connectivity index (χ2n) is 5.47. The molecule has 1 heterocycles. The van der Waals surface area contributed by atoms with Gasteiger partial charge in [0.2, 0.25) is 11.8 Å². The smallest absolute Gasteiger partial charge is 0.222 e. The number of rotatable bonds is 4. The van der Waals surface area contributed by atoms with Gasteiger partial charge in [0.1, 0.15) is 0 Å². The van der Waals surface area contributed by atoms with Crippen LogP contribution in [0.1, 0.15) is 24.8 Å². The molecule has 114 valence electrons. The van der Waals surface area contributed by atoms with E-state index in [2.05, 4.69) is 5.32 Å². The molecule has 0 spiro atoms. The number of hydrogen-bond acceptors (Lipinski definition) is 3. The van der Waals surface area contributed by atoms with Gasteiger partial charge in [0.05, 0.1) is 0 Å². The van der Waals surface area contributed by atoms with Crippen molar-refractivity contribution in [1.82, 2.24) is 10.2 Å². The Hall–Kier alpha value is -2.04. The number of para-hydroxylation sites is 1. The van der Waals surface area contributed by atoms with Gasteiger partial charge in [0.15, 0.2) is 0 Å². The van der Waals surface area contributed by atoms with Crippen molar-refractivity contribution in [3.05, 3.63) is 29.8 Å². The highest BCUT2D eigenvalue weighted by atomic mass is 16.2. The molecule has 0 aliphatic carbocycles. The molecule has 1 aromatic rings. The molecule has 0 radical (unpaired) electrons. The van der Waals surface area contributed by atoms with E-state index in [0.29, 0.717) is 25.9 Å². The molecule has 3 N–H and O–H groups in total. The minimum absolute atomic E-state index is 0.0452. The van der Waals surface area contributed by atoms with Crippen LogP contribution in [0, 0.1) is 5.92 Å². The van der Waals surface area contributed by atoms with Gasteiger partial charge in [-0.05, 0) is 30.9 Å². The number of likely N-dealkylation sites (tertiary alicyclic amines) is 1. The number of carbonyl (C=O) groups is 2. The lowest BCUT2D eigenvalue weighted by Crippen LogP contribution is -2.42. The van der Waals surface area contributed by atoms with Crippen molar-refractivity contribution in [2.75, 3.05) is 25.9 Å². The van der Waals surface area contributed by atoms with E-state index in [1.54, 1.807) is 7.05 Å². The first-order valence-electron chi connectivity index (χ1n) is 7.44. The van der Waals surface area contributed by atoms with Gasteiger partial charge >= 0.3 is 0 Å². The molecule has 1 saturated heterocycles. The monoisotopic (exact) mass is 289 g/mol. The number of nitrogen functional groups attached to an aromatic ring is 1. The van der Waals surface area contributed by atoms with Crippen LogP contribution in [-0.4, -0.2) is 36.9 Å². The zero-order valence-electron chi connectivity index (χ0n) is 12.5. The maximum absolute atomic E-state index is 12.2. The van der Waals surface area contributed by atoms with Crippen molar-refractivity contribution >= 4 is 17.5 Å². The van der Waals surface area contributed by atoms with E-state index in [-0.39, 0.29) is 17.7 Å². The fraction of sp³-hybridized carbons (Fsp3) is 0.500. The molecule has 0 unspecified atom stereocenters. The minimum atomic E-state index is 0.0452. The highest BCUT2D eigenvalue weighted by Gasteiger charge is 2.26. The van der Waals surface area contributed by atoms with Gasteiger partial charge in [0, 0.05) is 38.2 Å². The van der Waals surface area contributed by atoms with Gasteiger partial charge in [-0.2, -0.15) is 0 Å². The van der Waals surface area contributed by atoms with Crippen molar-refractivity contribution in [2.24, 2.45) is 5.92 Å². The third-order valence-corrected chi connectivity index (χ3v) is 4.13. The summed E-state index contributed by atoms with van der Waals surface area (Å²) in [5, 5.41) is 2.68. The summed E-state index contributed by atoms with van der Waals surface area (Å²) in [7, 11) is 1.66. The molecule has 0 atom stereocenters. The van der Waals surface area contributed by atoms with Crippen LogP contribution in [0.2, 0.25) is 0 Å². The Morgan fingerprint density at radius 1 is 1.29 bits per heavy atom. The Kier molecular flexibility index (Phi) is 5.20. The zero-order chi connectivity index (χ0) is 15.2. The molecule has 5 nitrogen and oxygen atoms in total. The van der Waals surface area contributed by atoms with E-state index < -0.39 is 0 Å². The lowest BCUT2D eigenvalue weighted by Gasteiger charge is -2.31. The van der Waals surface area contributed by atoms with Gasteiger partial charge in [-0.1, -0.05) is 18.2 Å². The largest absolute Gasteiger partial charge is 0.399 e. The summed E-state index contributed by atoms with van der Waals surface area (Å²) >= 11 is 0. The fourth-order valence-electron chi connectivity index (χ4n) is 2.76. The van der Waals surface area contributed by atoms with Gasteiger partial charge in [-0.3, -0.25) is 9.59 Å². The van der Waals surface area contributed by atoms with Crippen LogP contribution in [-0.2, 0) is 16.0 Å². The zero-order valence-corrected chi connectivity index (χ0v) is 12.5. The Labute approximate surface area is 125 Å². The number of piperidine rings is 1. The Balaban J connectivity index is 1.80. The van der Waals surface area contributed by atoms with Crippen molar-refractivity contribution < 1.29 is 9.59 Å². The average molecular weight is 289 g/mol. The summed E-state index contributed by atoms with van der Waals surface area (Å²) < 4.78 is 0. The number of hydrogen-bond donors (Lipinski definition) is 2. The summed E-state index contributed by atoms with van der Waals surface area (Å²) in [4.78, 5) is 25.6. The molecule has 5 heteroatoms. The molecular weight excluding hydrogens is 266 g/mol. The van der Waals surface area contributed by atoms with Gasteiger partial charge < -0.3 is 16.0 Å². The minimum Gasteiger partial charge on any atom is -0.399 e. The van der Waals surface area contributed by atoms with Crippen molar-refractivity contribution in [1.29, 1.82) is 0 Å². The fourth-order valence-corrected chi connectivity index (χ4v) is 2.76. The first-order valence-corrected chi connectivity index (χ1v) is 7.44. The van der Waals surface area contributed by atoms with Crippen LogP contribution < -0.4 is 11.1 Å². The number of anilines is 1. The standard InChI is InChI=1S/C16H23N3O2/c1-18-16(21)13-8-10-19(11-9-13)15(20)7-6-12-4-2-3-5-14(12)17/h2-5,13H,6-11,17H2,1H3,(H,18,21). The van der Waals surface area contributed by atoms with Crippen molar-refractivity contribution in [2.45, 2.75) is 25.7 Å². The van der Waals surface area contributed by atoms with E-state index in [1.165, 1.54) is 0 Å². The molecule has 0 aromatic heterocycles. The summed E-state index contributed by atoms with van der Waals surface area (Å²) in [5.41, 5.74) is 7.64. The number of aryl methyl sites for hydroxylation is 1. The van der Waals surface area contributed by atoms with Gasteiger partial charge in [-0.25, -0.2) is 0 Å². The second-order valence-corrected chi connectivity index (χ2v) is 5.47. The van der Waals surface area contributed by atoms with Crippen molar-refractivity contribution in [3.63, 3.8) is 0 Å². The highest BCUT2D eigenvalue weighted by Crippen LogP contribution is 2.19. The number of nitrogens with two attached hydrogens (primary N) is 1.